The zero-order chi connectivity index (χ0) is 42.7. The van der Waals surface area contributed by atoms with Crippen LogP contribution in [0.1, 0.15) is 0 Å². The van der Waals surface area contributed by atoms with E-state index in [1.54, 1.807) is 0 Å². The number of nitrogens with zero attached hydrogens (tertiary/aromatic N) is 5. The number of rotatable bonds is 9. The van der Waals surface area contributed by atoms with Gasteiger partial charge in [0, 0.05) is 33.4 Å². The first-order valence-corrected chi connectivity index (χ1v) is 21.4. The van der Waals surface area contributed by atoms with Crippen molar-refractivity contribution in [1.82, 2.24) is 24.9 Å². The summed E-state index contributed by atoms with van der Waals surface area (Å²) in [6.07, 6.45) is 0. The number of hydrogen-bond donors (Lipinski definition) is 0. The molecule has 2 heterocycles. The SMILES string of the molecule is c1ccc(-c2cc(-c3ccccc3)cc(-c3nc(-c4ccccc4)nc(-c4cccc(-c5cccc(-c6cc(-c7cccc8ccccc78)nc(-c7ccccc7)n6)c5)c4)n3)c2)cc1. The fourth-order valence-electron chi connectivity index (χ4n) is 8.30. The largest absolute Gasteiger partial charge is 0.228 e. The van der Waals surface area contributed by atoms with Crippen molar-refractivity contribution in [1.29, 1.82) is 0 Å². The minimum Gasteiger partial charge on any atom is -0.228 e. The molecule has 0 unspecified atom stereocenters. The van der Waals surface area contributed by atoms with Crippen LogP contribution < -0.4 is 0 Å². The molecular weight excluding hydrogens is 779 g/mol. The van der Waals surface area contributed by atoms with Gasteiger partial charge in [-0.15, -0.1) is 0 Å². The summed E-state index contributed by atoms with van der Waals surface area (Å²) in [4.78, 5) is 25.8. The minimum atomic E-state index is 0.594. The topological polar surface area (TPSA) is 64.5 Å². The summed E-state index contributed by atoms with van der Waals surface area (Å²) in [7, 11) is 0. The molecule has 5 heteroatoms. The third-order valence-corrected chi connectivity index (χ3v) is 11.5. The Kier molecular flexibility index (Phi) is 10.2. The third-order valence-electron chi connectivity index (χ3n) is 11.5. The molecule has 64 heavy (non-hydrogen) atoms. The van der Waals surface area contributed by atoms with Crippen molar-refractivity contribution < 1.29 is 0 Å². The van der Waals surface area contributed by atoms with Crippen LogP contribution in [0.5, 0.6) is 0 Å². The molecule has 0 saturated heterocycles. The highest BCUT2D eigenvalue weighted by molar-refractivity contribution is 5.96. The first-order valence-electron chi connectivity index (χ1n) is 21.4. The Morgan fingerprint density at radius 3 is 1.19 bits per heavy atom. The summed E-state index contributed by atoms with van der Waals surface area (Å²) in [5, 5.41) is 2.32. The van der Waals surface area contributed by atoms with Crippen molar-refractivity contribution in [2.24, 2.45) is 0 Å². The molecule has 0 fully saturated rings. The fourth-order valence-corrected chi connectivity index (χ4v) is 8.30. The molecule has 0 aliphatic heterocycles. The van der Waals surface area contributed by atoms with Crippen LogP contribution >= 0.6 is 0 Å². The van der Waals surface area contributed by atoms with E-state index in [0.29, 0.717) is 23.3 Å². The van der Waals surface area contributed by atoms with E-state index in [9.17, 15) is 0 Å². The van der Waals surface area contributed by atoms with Crippen molar-refractivity contribution in [3.63, 3.8) is 0 Å². The smallest absolute Gasteiger partial charge is 0.164 e. The average Bonchev–Trinajstić information content (AvgIpc) is 3.39. The summed E-state index contributed by atoms with van der Waals surface area (Å²) >= 11 is 0. The molecule has 0 aliphatic carbocycles. The summed E-state index contributed by atoms with van der Waals surface area (Å²) < 4.78 is 0. The molecule has 0 atom stereocenters. The van der Waals surface area contributed by atoms with Gasteiger partial charge in [0.2, 0.25) is 0 Å². The molecule has 5 nitrogen and oxygen atoms in total. The molecule has 0 aliphatic rings. The van der Waals surface area contributed by atoms with Crippen LogP contribution in [0.4, 0.5) is 0 Å². The zero-order valence-electron chi connectivity index (χ0n) is 34.8. The second-order valence-corrected chi connectivity index (χ2v) is 15.7. The Bertz CT molecular complexity index is 3360. The molecule has 0 spiro atoms. The van der Waals surface area contributed by atoms with Crippen LogP contribution in [-0.2, 0) is 0 Å². The van der Waals surface area contributed by atoms with Gasteiger partial charge in [0.25, 0.3) is 0 Å². The van der Waals surface area contributed by atoms with E-state index in [1.165, 1.54) is 5.39 Å². The highest BCUT2D eigenvalue weighted by Crippen LogP contribution is 2.36. The second kappa shape index (κ2) is 17.0. The summed E-state index contributed by atoms with van der Waals surface area (Å²) in [5.74, 6) is 2.49. The van der Waals surface area contributed by atoms with Gasteiger partial charge in [0.15, 0.2) is 23.3 Å². The summed E-state index contributed by atoms with van der Waals surface area (Å²) in [6, 6.07) is 81.8. The van der Waals surface area contributed by atoms with Gasteiger partial charge in [-0.25, -0.2) is 24.9 Å². The molecular formula is C59H39N5. The van der Waals surface area contributed by atoms with E-state index >= 15 is 0 Å². The van der Waals surface area contributed by atoms with Crippen LogP contribution in [-0.4, -0.2) is 24.9 Å². The molecule has 0 N–H and O–H groups in total. The normalized spacial score (nSPS) is 11.1. The maximum atomic E-state index is 5.23. The third kappa shape index (κ3) is 7.86. The Morgan fingerprint density at radius 2 is 0.578 bits per heavy atom. The Morgan fingerprint density at radius 1 is 0.203 bits per heavy atom. The van der Waals surface area contributed by atoms with E-state index in [1.807, 2.05) is 60.7 Å². The molecule has 0 bridgehead atoms. The lowest BCUT2D eigenvalue weighted by Crippen LogP contribution is -2.00. The highest BCUT2D eigenvalue weighted by Gasteiger charge is 2.17. The van der Waals surface area contributed by atoms with Crippen LogP contribution in [0.3, 0.4) is 0 Å². The monoisotopic (exact) mass is 817 g/mol. The maximum absolute atomic E-state index is 5.23. The van der Waals surface area contributed by atoms with Gasteiger partial charge in [0.05, 0.1) is 11.4 Å². The number of fused-ring (bicyclic) bond motifs is 1. The maximum Gasteiger partial charge on any atom is 0.164 e. The van der Waals surface area contributed by atoms with E-state index in [2.05, 4.69) is 176 Å². The quantitative estimate of drug-likeness (QED) is 0.145. The van der Waals surface area contributed by atoms with Gasteiger partial charge >= 0.3 is 0 Å². The molecule has 11 rings (SSSR count). The van der Waals surface area contributed by atoms with Gasteiger partial charge in [-0.1, -0.05) is 200 Å². The van der Waals surface area contributed by atoms with Crippen molar-refractivity contribution in [2.45, 2.75) is 0 Å². The van der Waals surface area contributed by atoms with Gasteiger partial charge in [-0.05, 0) is 80.6 Å². The number of aromatic nitrogens is 5. The fraction of sp³-hybridized carbons (Fsp3) is 0. The van der Waals surface area contributed by atoms with Gasteiger partial charge in [-0.2, -0.15) is 0 Å². The Labute approximate surface area is 372 Å². The minimum absolute atomic E-state index is 0.594. The molecule has 9 aromatic carbocycles. The summed E-state index contributed by atoms with van der Waals surface area (Å²) in [6.45, 7) is 0. The van der Waals surface area contributed by atoms with Crippen molar-refractivity contribution in [2.75, 3.05) is 0 Å². The molecule has 0 amide bonds. The standard InChI is InChI=1S/C59H39N5/c1-5-18-40(19-6-1)49-36-50(41-20-7-2-8-21-41)38-51(37-49)59-63-57(44-25-11-4-12-26-44)62-58(64-59)48-31-16-29-46(35-48)45-28-15-30-47(34-45)54-39-55(61-56(60-54)43-23-9-3-10-24-43)53-33-17-27-42-22-13-14-32-52(42)53/h1-39H. The lowest BCUT2D eigenvalue weighted by atomic mass is 9.95. The molecule has 11 aromatic rings. The predicted molar refractivity (Wildman–Crippen MR) is 262 cm³/mol. The first-order chi connectivity index (χ1) is 31.7. The van der Waals surface area contributed by atoms with Crippen LogP contribution in [0, 0.1) is 0 Å². The van der Waals surface area contributed by atoms with Gasteiger partial charge in [0.1, 0.15) is 0 Å². The summed E-state index contributed by atoms with van der Waals surface area (Å²) in [5.41, 5.74) is 14.0. The van der Waals surface area contributed by atoms with Crippen molar-refractivity contribution in [3.8, 4) is 101 Å². The van der Waals surface area contributed by atoms with Crippen LogP contribution in [0.15, 0.2) is 237 Å². The molecule has 0 saturated carbocycles. The molecule has 300 valence electrons. The first kappa shape index (κ1) is 38.3. The van der Waals surface area contributed by atoms with Crippen LogP contribution in [0.2, 0.25) is 0 Å². The van der Waals surface area contributed by atoms with E-state index in [0.717, 1.165) is 83.5 Å². The van der Waals surface area contributed by atoms with E-state index in [-0.39, 0.29) is 0 Å². The predicted octanol–water partition coefficient (Wildman–Crippen LogP) is 14.8. The second-order valence-electron chi connectivity index (χ2n) is 15.7. The van der Waals surface area contributed by atoms with Crippen LogP contribution in [0.25, 0.3) is 112 Å². The molecule has 2 aromatic heterocycles. The Balaban J connectivity index is 1.02. The number of benzene rings is 9. The lowest BCUT2D eigenvalue weighted by Gasteiger charge is -2.13. The van der Waals surface area contributed by atoms with E-state index < -0.39 is 0 Å². The zero-order valence-corrected chi connectivity index (χ0v) is 34.8. The molecule has 0 radical (unpaired) electrons. The van der Waals surface area contributed by atoms with Gasteiger partial charge in [-0.3, -0.25) is 0 Å². The Hall–Kier alpha value is -8.67. The van der Waals surface area contributed by atoms with E-state index in [4.69, 9.17) is 24.9 Å². The van der Waals surface area contributed by atoms with Gasteiger partial charge < -0.3 is 0 Å². The highest BCUT2D eigenvalue weighted by atomic mass is 15.0. The average molecular weight is 818 g/mol. The van der Waals surface area contributed by atoms with Crippen molar-refractivity contribution >= 4 is 10.8 Å². The number of hydrogen-bond acceptors (Lipinski definition) is 5. The lowest BCUT2D eigenvalue weighted by molar-refractivity contribution is 1.07. The van der Waals surface area contributed by atoms with Crippen molar-refractivity contribution in [3.05, 3.63) is 237 Å².